The van der Waals surface area contributed by atoms with Crippen molar-refractivity contribution in [2.75, 3.05) is 13.2 Å². The van der Waals surface area contributed by atoms with Gasteiger partial charge in [0.1, 0.15) is 41.9 Å². The van der Waals surface area contributed by atoms with Gasteiger partial charge < -0.3 is 20.1 Å². The second kappa shape index (κ2) is 11.7. The third kappa shape index (κ3) is 5.43. The SMILES string of the molecule is C[C@H](c1ccccc1)[C@@H](c1ncc(-c2c(F)cc(I)cc2F)[nH]1)N1C(=O)N[C@H](c2ccc(OCCO)cc2)C1=O. The molecule has 3 amide bonds. The summed E-state index contributed by atoms with van der Waals surface area (Å²) in [5, 5.41) is 11.7. The molecule has 2 heterocycles. The van der Waals surface area contributed by atoms with Gasteiger partial charge in [-0.05, 0) is 58.0 Å². The highest BCUT2D eigenvalue weighted by molar-refractivity contribution is 14.1. The standard InChI is InChI=1S/C29H25F2IN4O4/c1-16(17-5-3-2-4-6-17)26(27-33-15-23(34-27)24-21(30)13-19(32)14-22(24)31)36-28(38)25(35-29(36)39)18-7-9-20(10-8-18)40-12-11-37/h2-10,13-16,25-26,37H,11-12H2,1H3,(H,33,34)(H,35,39)/t16-,25-,26+/m1/s1. The van der Waals surface area contributed by atoms with Crippen molar-refractivity contribution in [2.45, 2.75) is 24.9 Å². The summed E-state index contributed by atoms with van der Waals surface area (Å²) in [4.78, 5) is 35.6. The number of hydrogen-bond acceptors (Lipinski definition) is 5. The highest BCUT2D eigenvalue weighted by Gasteiger charge is 2.46. The highest BCUT2D eigenvalue weighted by atomic mass is 127. The normalized spacial score (nSPS) is 16.6. The molecule has 0 radical (unpaired) electrons. The number of aromatic amines is 1. The van der Waals surface area contributed by atoms with Crippen molar-refractivity contribution >= 4 is 34.5 Å². The maximum atomic E-state index is 14.7. The van der Waals surface area contributed by atoms with E-state index in [2.05, 4.69) is 15.3 Å². The minimum atomic E-state index is -0.953. The molecule has 0 bridgehead atoms. The van der Waals surface area contributed by atoms with Crippen LogP contribution >= 0.6 is 22.6 Å². The average Bonchev–Trinajstić information content (AvgIpc) is 3.53. The second-order valence-corrected chi connectivity index (χ2v) is 10.5. The molecule has 3 aromatic carbocycles. The van der Waals surface area contributed by atoms with Gasteiger partial charge in [-0.1, -0.05) is 49.4 Å². The van der Waals surface area contributed by atoms with Gasteiger partial charge in [-0.25, -0.2) is 18.6 Å². The maximum Gasteiger partial charge on any atom is 0.325 e. The number of hydrogen-bond donors (Lipinski definition) is 3. The molecule has 1 saturated heterocycles. The van der Waals surface area contributed by atoms with Gasteiger partial charge in [-0.3, -0.25) is 9.69 Å². The number of carbonyl (C=O) groups is 2. The molecule has 8 nitrogen and oxygen atoms in total. The molecule has 0 saturated carbocycles. The lowest BCUT2D eigenvalue weighted by atomic mass is 9.91. The van der Waals surface area contributed by atoms with Crippen LogP contribution in [0.5, 0.6) is 5.75 Å². The Morgan fingerprint density at radius 1 is 1.07 bits per heavy atom. The third-order valence-electron chi connectivity index (χ3n) is 6.77. The first kappa shape index (κ1) is 27.7. The molecule has 4 aromatic rings. The monoisotopic (exact) mass is 658 g/mol. The number of carbonyl (C=O) groups excluding carboxylic acids is 2. The van der Waals surface area contributed by atoms with E-state index in [-0.39, 0.29) is 30.3 Å². The Bertz CT molecular complexity index is 1510. The summed E-state index contributed by atoms with van der Waals surface area (Å²) in [6.45, 7) is 1.86. The molecule has 206 valence electrons. The number of amides is 3. The van der Waals surface area contributed by atoms with Gasteiger partial charge >= 0.3 is 6.03 Å². The van der Waals surface area contributed by atoms with E-state index < -0.39 is 41.6 Å². The quantitative estimate of drug-likeness (QED) is 0.164. The number of halogens is 3. The Kier molecular flexibility index (Phi) is 8.12. The number of nitrogens with one attached hydrogen (secondary N) is 2. The summed E-state index contributed by atoms with van der Waals surface area (Å²) in [6.07, 6.45) is 1.30. The van der Waals surface area contributed by atoms with Crippen molar-refractivity contribution in [3.63, 3.8) is 0 Å². The smallest absolute Gasteiger partial charge is 0.325 e. The lowest BCUT2D eigenvalue weighted by Gasteiger charge is -2.29. The Morgan fingerprint density at radius 3 is 2.40 bits per heavy atom. The fourth-order valence-corrected chi connectivity index (χ4v) is 5.39. The fraction of sp³-hybridized carbons (Fsp3) is 0.207. The van der Waals surface area contributed by atoms with Crippen molar-refractivity contribution in [1.82, 2.24) is 20.2 Å². The molecule has 1 aromatic heterocycles. The van der Waals surface area contributed by atoms with Crippen LogP contribution in [-0.2, 0) is 4.79 Å². The van der Waals surface area contributed by atoms with Gasteiger partial charge in [0.15, 0.2) is 0 Å². The number of benzene rings is 3. The molecule has 5 rings (SSSR count). The van der Waals surface area contributed by atoms with Gasteiger partial charge in [0.05, 0.1) is 24.1 Å². The van der Waals surface area contributed by atoms with Crippen LogP contribution in [0.25, 0.3) is 11.3 Å². The molecule has 0 aliphatic carbocycles. The zero-order valence-corrected chi connectivity index (χ0v) is 23.4. The molecule has 0 unspecified atom stereocenters. The van der Waals surface area contributed by atoms with Crippen LogP contribution in [0.2, 0.25) is 0 Å². The van der Waals surface area contributed by atoms with Crippen molar-refractivity contribution in [3.8, 4) is 17.0 Å². The molecular formula is C29H25F2IN4O4. The fourth-order valence-electron chi connectivity index (χ4n) is 4.84. The summed E-state index contributed by atoms with van der Waals surface area (Å²) < 4.78 is 35.3. The van der Waals surface area contributed by atoms with Crippen LogP contribution in [0.15, 0.2) is 72.9 Å². The maximum absolute atomic E-state index is 14.7. The van der Waals surface area contributed by atoms with Crippen LogP contribution in [-0.4, -0.2) is 45.1 Å². The predicted octanol–water partition coefficient (Wildman–Crippen LogP) is 5.47. The molecule has 0 spiro atoms. The Morgan fingerprint density at radius 2 is 1.75 bits per heavy atom. The van der Waals surface area contributed by atoms with Crippen molar-refractivity contribution in [3.05, 3.63) is 105 Å². The molecule has 11 heteroatoms. The van der Waals surface area contributed by atoms with E-state index in [1.54, 1.807) is 24.3 Å². The lowest BCUT2D eigenvalue weighted by molar-refractivity contribution is -0.129. The predicted molar refractivity (Wildman–Crippen MR) is 151 cm³/mol. The number of H-pyrrole nitrogens is 1. The number of ether oxygens (including phenoxy) is 1. The first-order valence-electron chi connectivity index (χ1n) is 12.5. The van der Waals surface area contributed by atoms with Crippen molar-refractivity contribution in [1.29, 1.82) is 0 Å². The van der Waals surface area contributed by atoms with E-state index in [1.165, 1.54) is 18.3 Å². The van der Waals surface area contributed by atoms with Crippen LogP contribution in [0.4, 0.5) is 13.6 Å². The van der Waals surface area contributed by atoms with Gasteiger partial charge in [0.25, 0.3) is 5.91 Å². The van der Waals surface area contributed by atoms with Gasteiger partial charge in [0, 0.05) is 9.49 Å². The van der Waals surface area contributed by atoms with E-state index in [0.717, 1.165) is 10.5 Å². The number of imide groups is 1. The molecule has 1 aliphatic rings. The van der Waals surface area contributed by atoms with Gasteiger partial charge in [0.2, 0.25) is 0 Å². The van der Waals surface area contributed by atoms with Crippen molar-refractivity contribution < 1.29 is 28.2 Å². The molecule has 1 fully saturated rings. The second-order valence-electron chi connectivity index (χ2n) is 9.30. The van der Waals surface area contributed by atoms with Crippen LogP contribution in [0.1, 0.15) is 41.9 Å². The minimum absolute atomic E-state index is 0.0914. The summed E-state index contributed by atoms with van der Waals surface area (Å²) >= 11 is 1.83. The summed E-state index contributed by atoms with van der Waals surface area (Å²) in [5.41, 5.74) is 1.20. The first-order valence-corrected chi connectivity index (χ1v) is 13.6. The van der Waals surface area contributed by atoms with E-state index in [1.807, 2.05) is 59.8 Å². The van der Waals surface area contributed by atoms with Crippen LogP contribution in [0.3, 0.4) is 0 Å². The average molecular weight is 658 g/mol. The van der Waals surface area contributed by atoms with Crippen LogP contribution < -0.4 is 10.1 Å². The number of rotatable bonds is 9. The Labute approximate surface area is 242 Å². The molecular weight excluding hydrogens is 633 g/mol. The largest absolute Gasteiger partial charge is 0.491 e. The van der Waals surface area contributed by atoms with Crippen molar-refractivity contribution in [2.24, 2.45) is 0 Å². The zero-order valence-electron chi connectivity index (χ0n) is 21.3. The Balaban J connectivity index is 1.52. The third-order valence-corrected chi connectivity index (χ3v) is 7.40. The number of nitrogens with zero attached hydrogens (tertiary/aromatic N) is 2. The highest BCUT2D eigenvalue weighted by Crippen LogP contribution is 2.39. The number of urea groups is 1. The minimum Gasteiger partial charge on any atom is -0.491 e. The first-order chi connectivity index (χ1) is 19.3. The zero-order chi connectivity index (χ0) is 28.4. The summed E-state index contributed by atoms with van der Waals surface area (Å²) in [7, 11) is 0. The van der Waals surface area contributed by atoms with Crippen LogP contribution in [0, 0.1) is 15.2 Å². The van der Waals surface area contributed by atoms with E-state index in [0.29, 0.717) is 14.9 Å². The number of aliphatic hydroxyl groups excluding tert-OH is 1. The van der Waals surface area contributed by atoms with Gasteiger partial charge in [-0.15, -0.1) is 0 Å². The molecule has 40 heavy (non-hydrogen) atoms. The van der Waals surface area contributed by atoms with E-state index in [9.17, 15) is 18.4 Å². The molecule has 3 N–H and O–H groups in total. The topological polar surface area (TPSA) is 108 Å². The van der Waals surface area contributed by atoms with Gasteiger partial charge in [-0.2, -0.15) is 0 Å². The lowest BCUT2D eigenvalue weighted by Crippen LogP contribution is -2.38. The number of aromatic nitrogens is 2. The molecule has 1 aliphatic heterocycles. The number of imidazole rings is 1. The number of aliphatic hydroxyl groups is 1. The summed E-state index contributed by atoms with van der Waals surface area (Å²) in [5.74, 6) is -1.70. The van der Waals surface area contributed by atoms with E-state index >= 15 is 0 Å². The Hall–Kier alpha value is -3.84. The molecule has 3 atom stereocenters. The van der Waals surface area contributed by atoms with E-state index in [4.69, 9.17) is 9.84 Å². The summed E-state index contributed by atoms with van der Waals surface area (Å²) in [6, 6.07) is 15.9.